The number of alkyl halides is 2. The first-order valence-corrected chi connectivity index (χ1v) is 9.90. The van der Waals surface area contributed by atoms with Crippen molar-refractivity contribution in [2.45, 2.75) is 81.8 Å². The summed E-state index contributed by atoms with van der Waals surface area (Å²) in [5, 5.41) is -1.39. The van der Waals surface area contributed by atoms with Crippen LogP contribution in [0.1, 0.15) is 59.8 Å². The summed E-state index contributed by atoms with van der Waals surface area (Å²) in [6.45, 7) is 7.07. The quantitative estimate of drug-likeness (QED) is 0.742. The fourth-order valence-corrected chi connectivity index (χ4v) is 4.63. The third kappa shape index (κ3) is 6.18. The highest BCUT2D eigenvalue weighted by Gasteiger charge is 2.41. The van der Waals surface area contributed by atoms with E-state index in [1.54, 1.807) is 34.7 Å². The minimum atomic E-state index is -3.48. The van der Waals surface area contributed by atoms with E-state index in [1.807, 2.05) is 0 Å². The Morgan fingerprint density at radius 2 is 1.79 bits per heavy atom. The van der Waals surface area contributed by atoms with Gasteiger partial charge in [-0.3, -0.25) is 0 Å². The van der Waals surface area contributed by atoms with Crippen LogP contribution >= 0.6 is 0 Å². The van der Waals surface area contributed by atoms with Crippen LogP contribution in [0.5, 0.6) is 0 Å². The van der Waals surface area contributed by atoms with Gasteiger partial charge in [0, 0.05) is 26.4 Å². The van der Waals surface area contributed by atoms with Gasteiger partial charge in [0.15, 0.2) is 9.84 Å². The van der Waals surface area contributed by atoms with Gasteiger partial charge in [0.1, 0.15) is 5.60 Å². The molecule has 1 rings (SSSR count). The number of rotatable bonds is 5. The SMILES string of the molecule is CC(CCN(C)C(=O)OC(C)(C)C)S(=O)(=O)C1CCC(F)(F)CC1. The number of halogens is 2. The number of amides is 1. The first-order chi connectivity index (χ1) is 10.7. The summed E-state index contributed by atoms with van der Waals surface area (Å²) in [4.78, 5) is 13.2. The van der Waals surface area contributed by atoms with Crippen molar-refractivity contribution in [3.05, 3.63) is 0 Å². The second-order valence-corrected chi connectivity index (χ2v) is 10.3. The summed E-state index contributed by atoms with van der Waals surface area (Å²) in [5.41, 5.74) is -0.615. The van der Waals surface area contributed by atoms with Crippen molar-refractivity contribution in [1.29, 1.82) is 0 Å². The lowest BCUT2D eigenvalue weighted by atomic mass is 9.96. The summed E-state index contributed by atoms with van der Waals surface area (Å²) < 4.78 is 56.7. The maximum Gasteiger partial charge on any atom is 0.410 e. The molecule has 1 atom stereocenters. The summed E-state index contributed by atoms with van der Waals surface area (Å²) in [6.07, 6.45) is -0.999. The van der Waals surface area contributed by atoms with Crippen molar-refractivity contribution in [3.63, 3.8) is 0 Å². The molecule has 142 valence electrons. The van der Waals surface area contributed by atoms with Gasteiger partial charge in [0.05, 0.1) is 10.5 Å². The lowest BCUT2D eigenvalue weighted by Gasteiger charge is -2.30. The summed E-state index contributed by atoms with van der Waals surface area (Å²) >= 11 is 0. The first-order valence-electron chi connectivity index (χ1n) is 8.29. The van der Waals surface area contributed by atoms with Crippen LogP contribution in [0.3, 0.4) is 0 Å². The normalized spacial score (nSPS) is 20.5. The number of sulfone groups is 1. The molecule has 0 radical (unpaired) electrons. The van der Waals surface area contributed by atoms with Gasteiger partial charge in [-0.2, -0.15) is 0 Å². The van der Waals surface area contributed by atoms with Crippen LogP contribution in [-0.2, 0) is 14.6 Å². The van der Waals surface area contributed by atoms with E-state index in [0.717, 1.165) is 0 Å². The Labute approximate surface area is 143 Å². The van der Waals surface area contributed by atoms with Crippen molar-refractivity contribution < 1.29 is 26.7 Å². The number of hydrogen-bond acceptors (Lipinski definition) is 4. The number of ether oxygens (including phenoxy) is 1. The molecule has 0 heterocycles. The Kier molecular flexibility index (Phi) is 6.63. The van der Waals surface area contributed by atoms with E-state index in [0.29, 0.717) is 0 Å². The van der Waals surface area contributed by atoms with Gasteiger partial charge in [-0.25, -0.2) is 22.0 Å². The Morgan fingerprint density at radius 3 is 2.25 bits per heavy atom. The molecule has 1 saturated carbocycles. The zero-order chi connectivity index (χ0) is 18.8. The molecule has 1 fully saturated rings. The highest BCUT2D eigenvalue weighted by Crippen LogP contribution is 2.37. The summed E-state index contributed by atoms with van der Waals surface area (Å²) in [6, 6.07) is 0. The molecule has 8 heteroatoms. The molecule has 1 amide bonds. The zero-order valence-electron chi connectivity index (χ0n) is 15.1. The Morgan fingerprint density at radius 1 is 1.29 bits per heavy atom. The van der Waals surface area contributed by atoms with Gasteiger partial charge in [-0.1, -0.05) is 0 Å². The van der Waals surface area contributed by atoms with Crippen LogP contribution in [-0.4, -0.2) is 55.0 Å². The fraction of sp³-hybridized carbons (Fsp3) is 0.938. The van der Waals surface area contributed by atoms with E-state index in [-0.39, 0.29) is 38.6 Å². The number of carbonyl (C=O) groups is 1. The third-order valence-electron chi connectivity index (χ3n) is 4.27. The Hall–Kier alpha value is -0.920. The van der Waals surface area contributed by atoms with E-state index in [4.69, 9.17) is 4.74 Å². The van der Waals surface area contributed by atoms with Crippen molar-refractivity contribution in [2.75, 3.05) is 13.6 Å². The van der Waals surface area contributed by atoms with Crippen LogP contribution in [0.15, 0.2) is 0 Å². The van der Waals surface area contributed by atoms with Crippen LogP contribution in [0.4, 0.5) is 13.6 Å². The maximum absolute atomic E-state index is 13.2. The second-order valence-electron chi connectivity index (χ2n) is 7.65. The van der Waals surface area contributed by atoms with E-state index in [2.05, 4.69) is 0 Å². The molecular formula is C16H29F2NO4S. The van der Waals surface area contributed by atoms with E-state index in [1.165, 1.54) is 4.90 Å². The van der Waals surface area contributed by atoms with E-state index >= 15 is 0 Å². The fourth-order valence-electron chi connectivity index (χ4n) is 2.64. The van der Waals surface area contributed by atoms with Gasteiger partial charge in [-0.05, 0) is 47.0 Å². The average molecular weight is 369 g/mol. The van der Waals surface area contributed by atoms with Gasteiger partial charge in [0.25, 0.3) is 0 Å². The topological polar surface area (TPSA) is 63.7 Å². The van der Waals surface area contributed by atoms with Gasteiger partial charge in [0.2, 0.25) is 5.92 Å². The molecule has 0 spiro atoms. The zero-order valence-corrected chi connectivity index (χ0v) is 16.0. The van der Waals surface area contributed by atoms with Crippen molar-refractivity contribution in [2.24, 2.45) is 0 Å². The lowest BCUT2D eigenvalue weighted by Crippen LogP contribution is -2.39. The van der Waals surface area contributed by atoms with E-state index in [9.17, 15) is 22.0 Å². The Balaban J connectivity index is 2.54. The molecule has 0 saturated heterocycles. The van der Waals surface area contributed by atoms with Crippen molar-refractivity contribution in [3.8, 4) is 0 Å². The minimum Gasteiger partial charge on any atom is -0.444 e. The van der Waals surface area contributed by atoms with E-state index < -0.39 is 38.0 Å². The van der Waals surface area contributed by atoms with Crippen LogP contribution in [0.2, 0.25) is 0 Å². The number of carbonyl (C=O) groups excluding carboxylic acids is 1. The first kappa shape index (κ1) is 21.1. The summed E-state index contributed by atoms with van der Waals surface area (Å²) in [5.74, 6) is -2.74. The molecule has 0 aromatic rings. The van der Waals surface area contributed by atoms with Crippen LogP contribution < -0.4 is 0 Å². The molecular weight excluding hydrogens is 340 g/mol. The number of nitrogens with zero attached hydrogens (tertiary/aromatic N) is 1. The Bertz CT molecular complexity index is 533. The lowest BCUT2D eigenvalue weighted by molar-refractivity contribution is -0.0329. The average Bonchev–Trinajstić information content (AvgIpc) is 2.41. The van der Waals surface area contributed by atoms with Crippen LogP contribution in [0, 0.1) is 0 Å². The standard InChI is InChI=1S/C16H29F2NO4S/c1-12(8-11-19(5)14(20)23-15(2,3)4)24(21,22)13-6-9-16(17,18)10-7-13/h12-13H,6-11H2,1-5H3. The maximum atomic E-state index is 13.2. The highest BCUT2D eigenvalue weighted by molar-refractivity contribution is 7.92. The monoisotopic (exact) mass is 369 g/mol. The minimum absolute atomic E-state index is 0.00157. The predicted molar refractivity (Wildman–Crippen MR) is 89.1 cm³/mol. The largest absolute Gasteiger partial charge is 0.444 e. The molecule has 0 aromatic heterocycles. The molecule has 1 aliphatic rings. The van der Waals surface area contributed by atoms with Gasteiger partial charge in [-0.15, -0.1) is 0 Å². The molecule has 0 aliphatic heterocycles. The van der Waals surface area contributed by atoms with Gasteiger partial charge < -0.3 is 9.64 Å². The molecule has 5 nitrogen and oxygen atoms in total. The molecule has 24 heavy (non-hydrogen) atoms. The number of hydrogen-bond donors (Lipinski definition) is 0. The summed E-state index contributed by atoms with van der Waals surface area (Å²) in [7, 11) is -1.93. The molecule has 0 N–H and O–H groups in total. The molecule has 1 unspecified atom stereocenters. The third-order valence-corrected chi connectivity index (χ3v) is 7.02. The van der Waals surface area contributed by atoms with Crippen molar-refractivity contribution >= 4 is 15.9 Å². The molecule has 0 aromatic carbocycles. The molecule has 0 bridgehead atoms. The van der Waals surface area contributed by atoms with Crippen LogP contribution in [0.25, 0.3) is 0 Å². The highest BCUT2D eigenvalue weighted by atomic mass is 32.2. The van der Waals surface area contributed by atoms with Gasteiger partial charge >= 0.3 is 6.09 Å². The predicted octanol–water partition coefficient (Wildman–Crippen LogP) is 3.62. The smallest absolute Gasteiger partial charge is 0.410 e. The second kappa shape index (κ2) is 7.54. The molecule has 1 aliphatic carbocycles. The van der Waals surface area contributed by atoms with Crippen molar-refractivity contribution in [1.82, 2.24) is 4.90 Å².